The molecule has 0 saturated carbocycles. The lowest BCUT2D eigenvalue weighted by Gasteiger charge is -2.10. The second-order valence-corrected chi connectivity index (χ2v) is 4.10. The lowest BCUT2D eigenvalue weighted by molar-refractivity contribution is 0.182. The summed E-state index contributed by atoms with van der Waals surface area (Å²) < 4.78 is 5.17. The molecule has 0 aliphatic rings. The van der Waals surface area contributed by atoms with Gasteiger partial charge in [0.15, 0.2) is 0 Å². The van der Waals surface area contributed by atoms with Gasteiger partial charge in [-0.1, -0.05) is 17.6 Å². The number of H-pyrrole nitrogens is 1. The maximum absolute atomic E-state index is 6.00. The Morgan fingerprint density at radius 1 is 1.41 bits per heavy atom. The summed E-state index contributed by atoms with van der Waals surface area (Å²) in [6.45, 7) is 2.56. The number of anilines is 1. The zero-order chi connectivity index (χ0) is 12.4. The molecule has 17 heavy (non-hydrogen) atoms. The standard InChI is InChI=1S/C13H15BN2O/c1-8-6-16-12(7-17-2)13(8)10-5-9(14)3-4-11(10)15/h3-6,16H,7,15H2,1-2H3. The van der Waals surface area contributed by atoms with E-state index in [9.17, 15) is 0 Å². The van der Waals surface area contributed by atoms with Crippen molar-refractivity contribution in [3.05, 3.63) is 35.7 Å². The third kappa shape index (κ3) is 2.22. The maximum Gasteiger partial charge on any atom is 0.113 e. The summed E-state index contributed by atoms with van der Waals surface area (Å²) in [4.78, 5) is 3.20. The number of nitrogens with one attached hydrogen (secondary N) is 1. The van der Waals surface area contributed by atoms with Crippen LogP contribution in [-0.4, -0.2) is 19.9 Å². The Bertz CT molecular complexity index is 534. The first-order chi connectivity index (χ1) is 8.13. The van der Waals surface area contributed by atoms with Gasteiger partial charge in [-0.25, -0.2) is 0 Å². The van der Waals surface area contributed by atoms with Crippen LogP contribution in [0.2, 0.25) is 0 Å². The van der Waals surface area contributed by atoms with E-state index < -0.39 is 0 Å². The number of nitrogen functional groups attached to an aromatic ring is 1. The van der Waals surface area contributed by atoms with Crippen molar-refractivity contribution >= 4 is 19.0 Å². The Balaban J connectivity index is 2.58. The molecule has 4 heteroatoms. The fourth-order valence-electron chi connectivity index (χ4n) is 2.00. The summed E-state index contributed by atoms with van der Waals surface area (Å²) in [5.74, 6) is 0. The number of hydrogen-bond donors (Lipinski definition) is 2. The van der Waals surface area contributed by atoms with E-state index in [-0.39, 0.29) is 0 Å². The fraction of sp³-hybridized carbons (Fsp3) is 0.231. The average molecular weight is 226 g/mol. The first kappa shape index (κ1) is 11.8. The molecule has 2 rings (SSSR count). The number of nitrogens with two attached hydrogens (primary N) is 1. The van der Waals surface area contributed by atoms with Crippen molar-refractivity contribution < 1.29 is 4.74 Å². The maximum atomic E-state index is 6.00. The summed E-state index contributed by atoms with van der Waals surface area (Å²) in [6.07, 6.45) is 1.95. The molecule has 1 aromatic carbocycles. The molecule has 86 valence electrons. The van der Waals surface area contributed by atoms with Crippen molar-refractivity contribution in [2.75, 3.05) is 12.8 Å². The number of methoxy groups -OCH3 is 1. The van der Waals surface area contributed by atoms with Crippen LogP contribution in [0.15, 0.2) is 24.4 Å². The predicted octanol–water partition coefficient (Wildman–Crippen LogP) is 1.51. The number of hydrogen-bond acceptors (Lipinski definition) is 2. The van der Waals surface area contributed by atoms with Crippen molar-refractivity contribution in [2.24, 2.45) is 0 Å². The van der Waals surface area contributed by atoms with Gasteiger partial charge in [0.2, 0.25) is 0 Å². The molecule has 2 radical (unpaired) electrons. The molecule has 1 heterocycles. The van der Waals surface area contributed by atoms with Gasteiger partial charge in [0.25, 0.3) is 0 Å². The van der Waals surface area contributed by atoms with Gasteiger partial charge in [-0.15, -0.1) is 0 Å². The molecule has 0 spiro atoms. The van der Waals surface area contributed by atoms with E-state index >= 15 is 0 Å². The topological polar surface area (TPSA) is 51.0 Å². The van der Waals surface area contributed by atoms with Gasteiger partial charge in [0.05, 0.1) is 6.61 Å². The van der Waals surface area contributed by atoms with Crippen molar-refractivity contribution in [3.8, 4) is 11.1 Å². The first-order valence-electron chi connectivity index (χ1n) is 5.44. The number of aryl methyl sites for hydroxylation is 1. The zero-order valence-corrected chi connectivity index (χ0v) is 10.1. The summed E-state index contributed by atoms with van der Waals surface area (Å²) in [5, 5.41) is 0. The highest BCUT2D eigenvalue weighted by atomic mass is 16.5. The van der Waals surface area contributed by atoms with Gasteiger partial charge in [-0.2, -0.15) is 0 Å². The lowest BCUT2D eigenvalue weighted by atomic mass is 9.90. The number of rotatable bonds is 3. The molecule has 0 aliphatic heterocycles. The number of aromatic amines is 1. The van der Waals surface area contributed by atoms with E-state index in [0.717, 1.165) is 28.1 Å². The van der Waals surface area contributed by atoms with Crippen LogP contribution >= 0.6 is 0 Å². The number of benzene rings is 1. The highest BCUT2D eigenvalue weighted by Gasteiger charge is 2.12. The Morgan fingerprint density at radius 3 is 2.88 bits per heavy atom. The van der Waals surface area contributed by atoms with Gasteiger partial charge in [-0.3, -0.25) is 0 Å². The Kier molecular flexibility index (Phi) is 3.24. The van der Waals surface area contributed by atoms with Gasteiger partial charge in [-0.05, 0) is 18.6 Å². The molecule has 3 nitrogen and oxygen atoms in total. The molecule has 1 aromatic heterocycles. The molecule has 0 aliphatic carbocycles. The van der Waals surface area contributed by atoms with Gasteiger partial charge >= 0.3 is 0 Å². The van der Waals surface area contributed by atoms with Crippen molar-refractivity contribution in [1.82, 2.24) is 4.98 Å². The lowest BCUT2D eigenvalue weighted by Crippen LogP contribution is -2.04. The normalized spacial score (nSPS) is 10.7. The largest absolute Gasteiger partial charge is 0.398 e. The van der Waals surface area contributed by atoms with Crippen LogP contribution in [-0.2, 0) is 11.3 Å². The van der Waals surface area contributed by atoms with Crippen LogP contribution in [0.1, 0.15) is 11.3 Å². The van der Waals surface area contributed by atoms with E-state index in [0.29, 0.717) is 12.1 Å². The molecular formula is C13H15BN2O. The van der Waals surface area contributed by atoms with Gasteiger partial charge in [0.1, 0.15) is 7.85 Å². The number of ether oxygens (including phenoxy) is 1. The van der Waals surface area contributed by atoms with E-state index in [2.05, 4.69) is 4.98 Å². The predicted molar refractivity (Wildman–Crippen MR) is 71.5 cm³/mol. The summed E-state index contributed by atoms with van der Waals surface area (Å²) in [7, 11) is 7.48. The molecule has 2 aromatic rings. The van der Waals surface area contributed by atoms with Crippen LogP contribution < -0.4 is 11.2 Å². The van der Waals surface area contributed by atoms with Crippen LogP contribution in [0.4, 0.5) is 5.69 Å². The second kappa shape index (κ2) is 4.68. The summed E-state index contributed by atoms with van der Waals surface area (Å²) in [6, 6.07) is 5.52. The quantitative estimate of drug-likeness (QED) is 0.615. The highest BCUT2D eigenvalue weighted by Crippen LogP contribution is 2.31. The van der Waals surface area contributed by atoms with Crippen LogP contribution in [0.3, 0.4) is 0 Å². The van der Waals surface area contributed by atoms with E-state index in [1.807, 2.05) is 25.3 Å². The Hall–Kier alpha value is -1.68. The molecule has 3 N–H and O–H groups in total. The SMILES string of the molecule is [B]c1ccc(N)c(-c2c(C)c[nH]c2COC)c1. The Morgan fingerprint density at radius 2 is 2.18 bits per heavy atom. The minimum absolute atomic E-state index is 0.525. The molecule has 0 amide bonds. The van der Waals surface area contributed by atoms with E-state index in [1.54, 1.807) is 13.2 Å². The van der Waals surface area contributed by atoms with Crippen molar-refractivity contribution in [3.63, 3.8) is 0 Å². The molecule has 0 fully saturated rings. The molecule has 0 bridgehead atoms. The molecule has 0 atom stereocenters. The highest BCUT2D eigenvalue weighted by molar-refractivity contribution is 6.32. The third-order valence-corrected chi connectivity index (χ3v) is 2.79. The van der Waals surface area contributed by atoms with E-state index in [4.69, 9.17) is 18.3 Å². The average Bonchev–Trinajstić information content (AvgIpc) is 2.64. The smallest absolute Gasteiger partial charge is 0.113 e. The minimum Gasteiger partial charge on any atom is -0.398 e. The number of aromatic nitrogens is 1. The Labute approximate surface area is 102 Å². The zero-order valence-electron chi connectivity index (χ0n) is 10.1. The van der Waals surface area contributed by atoms with Crippen molar-refractivity contribution in [1.29, 1.82) is 0 Å². The summed E-state index contributed by atoms with van der Waals surface area (Å²) >= 11 is 0. The van der Waals surface area contributed by atoms with Crippen LogP contribution in [0, 0.1) is 6.92 Å². The van der Waals surface area contributed by atoms with Crippen LogP contribution in [0.5, 0.6) is 0 Å². The second-order valence-electron chi connectivity index (χ2n) is 4.10. The molecule has 0 saturated heterocycles. The van der Waals surface area contributed by atoms with E-state index in [1.165, 1.54) is 0 Å². The summed E-state index contributed by atoms with van der Waals surface area (Å²) in [5.41, 5.74) is 11.6. The molecular weight excluding hydrogens is 211 g/mol. The van der Waals surface area contributed by atoms with Crippen LogP contribution in [0.25, 0.3) is 11.1 Å². The van der Waals surface area contributed by atoms with Crippen molar-refractivity contribution in [2.45, 2.75) is 13.5 Å². The minimum atomic E-state index is 0.525. The fourth-order valence-corrected chi connectivity index (χ4v) is 2.00. The van der Waals surface area contributed by atoms with Gasteiger partial charge in [0, 0.05) is 35.8 Å². The monoisotopic (exact) mass is 226 g/mol. The third-order valence-electron chi connectivity index (χ3n) is 2.79. The van der Waals surface area contributed by atoms with Gasteiger partial charge < -0.3 is 15.5 Å². The molecule has 0 unspecified atom stereocenters. The first-order valence-corrected chi connectivity index (χ1v) is 5.44.